The van der Waals surface area contributed by atoms with Crippen molar-refractivity contribution in [1.29, 1.82) is 0 Å². The van der Waals surface area contributed by atoms with E-state index >= 15 is 0 Å². The molecule has 0 saturated carbocycles. The van der Waals surface area contributed by atoms with Crippen LogP contribution in [0.1, 0.15) is 54.1 Å². The van der Waals surface area contributed by atoms with Gasteiger partial charge in [-0.05, 0) is 75.2 Å². The largest absolute Gasteiger partial charge is 0.493 e. The molecule has 1 unspecified atom stereocenters. The number of hydrogen-bond donors (Lipinski definition) is 1. The lowest BCUT2D eigenvalue weighted by molar-refractivity contribution is -0.139. The van der Waals surface area contributed by atoms with Gasteiger partial charge in [0.15, 0.2) is 16.3 Å². The first-order valence-corrected chi connectivity index (χ1v) is 14.4. The summed E-state index contributed by atoms with van der Waals surface area (Å²) in [5.41, 5.74) is 2.59. The molecule has 0 spiro atoms. The van der Waals surface area contributed by atoms with Crippen molar-refractivity contribution in [2.45, 2.75) is 33.7 Å². The molecule has 4 aromatic rings. The van der Waals surface area contributed by atoms with Crippen LogP contribution in [0, 0.1) is 6.92 Å². The minimum absolute atomic E-state index is 0.144. The Bertz CT molecular complexity index is 1950. The van der Waals surface area contributed by atoms with Crippen LogP contribution in [-0.4, -0.2) is 41.9 Å². The zero-order valence-corrected chi connectivity index (χ0v) is 25.1. The SMILES string of the molecule is CCOC(=O)C1=C(C)N=c2s/c(=C\c3ccc(-c4cc(C(=O)O)ccc4C)o3)c(=O)n2C1c1ccc(OC)c(OCC)c1. The average Bonchev–Trinajstić information content (AvgIpc) is 3.56. The van der Waals surface area contributed by atoms with Crippen LogP contribution >= 0.6 is 11.3 Å². The van der Waals surface area contributed by atoms with Crippen LogP contribution in [0.4, 0.5) is 0 Å². The number of carbonyl (C=O) groups is 2. The molecule has 2 aromatic heterocycles. The normalized spacial score (nSPS) is 14.7. The minimum Gasteiger partial charge on any atom is -0.493 e. The molecule has 1 aliphatic heterocycles. The second-order valence-electron chi connectivity index (χ2n) is 9.68. The summed E-state index contributed by atoms with van der Waals surface area (Å²) in [6, 6.07) is 12.7. The number of carboxylic acids is 1. The first-order valence-electron chi connectivity index (χ1n) is 13.6. The average molecular weight is 603 g/mol. The van der Waals surface area contributed by atoms with E-state index in [1.54, 1.807) is 69.5 Å². The van der Waals surface area contributed by atoms with Gasteiger partial charge in [0.2, 0.25) is 0 Å². The van der Waals surface area contributed by atoms with Gasteiger partial charge in [-0.15, -0.1) is 0 Å². The third-order valence-corrected chi connectivity index (χ3v) is 7.95. The fourth-order valence-corrected chi connectivity index (χ4v) is 5.99. The number of aromatic carboxylic acids is 1. The van der Waals surface area contributed by atoms with E-state index in [1.807, 2.05) is 13.8 Å². The van der Waals surface area contributed by atoms with Gasteiger partial charge in [-0.3, -0.25) is 9.36 Å². The minimum atomic E-state index is -1.04. The van der Waals surface area contributed by atoms with E-state index in [2.05, 4.69) is 4.99 Å². The zero-order valence-electron chi connectivity index (χ0n) is 24.3. The first-order chi connectivity index (χ1) is 20.7. The third kappa shape index (κ3) is 5.63. The van der Waals surface area contributed by atoms with E-state index in [9.17, 15) is 19.5 Å². The van der Waals surface area contributed by atoms with E-state index in [4.69, 9.17) is 18.6 Å². The fraction of sp³-hybridized carbons (Fsp3) is 0.250. The van der Waals surface area contributed by atoms with Gasteiger partial charge < -0.3 is 23.7 Å². The smallest absolute Gasteiger partial charge is 0.338 e. The van der Waals surface area contributed by atoms with Crippen LogP contribution in [0.15, 0.2) is 74.0 Å². The highest BCUT2D eigenvalue weighted by Crippen LogP contribution is 2.36. The summed E-state index contributed by atoms with van der Waals surface area (Å²) in [6.45, 7) is 7.71. The van der Waals surface area contributed by atoms with Crippen molar-refractivity contribution in [2.24, 2.45) is 4.99 Å². The molecule has 3 heterocycles. The zero-order chi connectivity index (χ0) is 30.8. The van der Waals surface area contributed by atoms with Gasteiger partial charge in [-0.2, -0.15) is 0 Å². The Hall–Kier alpha value is -4.90. The predicted octanol–water partition coefficient (Wildman–Crippen LogP) is 4.47. The highest BCUT2D eigenvalue weighted by Gasteiger charge is 2.34. The number of hydrogen-bond acceptors (Lipinski definition) is 9. The van der Waals surface area contributed by atoms with Crippen molar-refractivity contribution in [3.05, 3.63) is 102 Å². The lowest BCUT2D eigenvalue weighted by Crippen LogP contribution is -2.39. The van der Waals surface area contributed by atoms with E-state index in [0.29, 0.717) is 55.8 Å². The molecule has 0 saturated heterocycles. The van der Waals surface area contributed by atoms with Crippen LogP contribution in [0.25, 0.3) is 17.4 Å². The standard InChI is InChI=1S/C32H30N2O8S/c1-6-40-25-15-19(10-12-24(25)39-5)28-27(31(38)41-7-2)18(4)33-32-34(28)29(35)26(43-32)16-21-11-13-23(42-21)22-14-20(30(36)37)9-8-17(22)3/h8-16,28H,6-7H2,1-5H3,(H,36,37)/b26-16-. The quantitative estimate of drug-likeness (QED) is 0.278. The highest BCUT2D eigenvalue weighted by atomic mass is 32.1. The monoisotopic (exact) mass is 602 g/mol. The van der Waals surface area contributed by atoms with Crippen molar-refractivity contribution in [1.82, 2.24) is 4.57 Å². The molecule has 2 aromatic carbocycles. The lowest BCUT2D eigenvalue weighted by Gasteiger charge is -2.25. The Balaban J connectivity index is 1.65. The number of ether oxygens (including phenoxy) is 3. The number of carboxylic acid groups (broad SMARTS) is 1. The van der Waals surface area contributed by atoms with Crippen LogP contribution < -0.4 is 24.4 Å². The van der Waals surface area contributed by atoms with Gasteiger partial charge in [0.25, 0.3) is 5.56 Å². The second kappa shape index (κ2) is 12.1. The summed E-state index contributed by atoms with van der Waals surface area (Å²) < 4.78 is 24.5. The molecule has 0 aliphatic carbocycles. The number of benzene rings is 2. The van der Waals surface area contributed by atoms with Crippen LogP contribution in [0.3, 0.4) is 0 Å². The molecule has 0 amide bonds. The number of aryl methyl sites for hydroxylation is 1. The van der Waals surface area contributed by atoms with Crippen molar-refractivity contribution in [3.8, 4) is 22.8 Å². The van der Waals surface area contributed by atoms with Crippen molar-refractivity contribution in [3.63, 3.8) is 0 Å². The van der Waals surface area contributed by atoms with Gasteiger partial charge in [-0.1, -0.05) is 23.5 Å². The van der Waals surface area contributed by atoms with Gasteiger partial charge in [0, 0.05) is 11.6 Å². The maximum atomic E-state index is 14.0. The number of carbonyl (C=O) groups excluding carboxylic acids is 1. The molecule has 43 heavy (non-hydrogen) atoms. The van der Waals surface area contributed by atoms with E-state index in [-0.39, 0.29) is 23.3 Å². The Morgan fingerprint density at radius 2 is 1.86 bits per heavy atom. The molecule has 1 atom stereocenters. The molecule has 222 valence electrons. The lowest BCUT2D eigenvalue weighted by atomic mass is 9.95. The van der Waals surface area contributed by atoms with Gasteiger partial charge in [-0.25, -0.2) is 14.6 Å². The van der Waals surface area contributed by atoms with Crippen molar-refractivity contribution >= 4 is 29.4 Å². The van der Waals surface area contributed by atoms with Gasteiger partial charge >= 0.3 is 11.9 Å². The molecule has 11 heteroatoms. The molecule has 1 aliphatic rings. The summed E-state index contributed by atoms with van der Waals surface area (Å²) >= 11 is 1.17. The molecular weight excluding hydrogens is 572 g/mol. The number of thiazole rings is 1. The van der Waals surface area contributed by atoms with Crippen molar-refractivity contribution < 1.29 is 33.3 Å². The first kappa shape index (κ1) is 29.6. The van der Waals surface area contributed by atoms with Crippen LogP contribution in [0.2, 0.25) is 0 Å². The summed E-state index contributed by atoms with van der Waals surface area (Å²) in [5.74, 6) is 0.279. The summed E-state index contributed by atoms with van der Waals surface area (Å²) in [4.78, 5) is 43.7. The Labute approximate surface area is 250 Å². The van der Waals surface area contributed by atoms with E-state index < -0.39 is 18.0 Å². The Morgan fingerprint density at radius 1 is 1.07 bits per heavy atom. The number of fused-ring (bicyclic) bond motifs is 1. The maximum Gasteiger partial charge on any atom is 0.338 e. The van der Waals surface area contributed by atoms with Crippen molar-refractivity contribution in [2.75, 3.05) is 20.3 Å². The van der Waals surface area contributed by atoms with E-state index in [0.717, 1.165) is 5.56 Å². The fourth-order valence-electron chi connectivity index (χ4n) is 4.96. The molecule has 0 bridgehead atoms. The Kier molecular flexibility index (Phi) is 8.36. The van der Waals surface area contributed by atoms with Crippen LogP contribution in [-0.2, 0) is 9.53 Å². The number of furan rings is 1. The molecule has 1 N–H and O–H groups in total. The number of allylic oxidation sites excluding steroid dienone is 1. The number of aromatic nitrogens is 1. The summed E-state index contributed by atoms with van der Waals surface area (Å²) in [5, 5.41) is 9.40. The van der Waals surface area contributed by atoms with Gasteiger partial charge in [0.05, 0.1) is 47.7 Å². The maximum absolute atomic E-state index is 14.0. The number of esters is 1. The summed E-state index contributed by atoms with van der Waals surface area (Å²) in [7, 11) is 1.54. The Morgan fingerprint density at radius 3 is 2.56 bits per heavy atom. The topological polar surface area (TPSA) is 130 Å². The second-order valence-corrected chi connectivity index (χ2v) is 10.7. The van der Waals surface area contributed by atoms with Gasteiger partial charge in [0.1, 0.15) is 11.5 Å². The van der Waals surface area contributed by atoms with Crippen LogP contribution in [0.5, 0.6) is 11.5 Å². The molecular formula is C32H30N2O8S. The molecule has 0 fully saturated rings. The number of nitrogens with zero attached hydrogens (tertiary/aromatic N) is 2. The summed E-state index contributed by atoms with van der Waals surface area (Å²) in [6.07, 6.45) is 1.61. The number of rotatable bonds is 9. The number of methoxy groups -OCH3 is 1. The molecule has 5 rings (SSSR count). The molecule has 0 radical (unpaired) electrons. The third-order valence-electron chi connectivity index (χ3n) is 6.97. The predicted molar refractivity (Wildman–Crippen MR) is 160 cm³/mol. The highest BCUT2D eigenvalue weighted by molar-refractivity contribution is 7.07. The molecule has 10 nitrogen and oxygen atoms in total. The van der Waals surface area contributed by atoms with E-state index in [1.165, 1.54) is 22.0 Å².